The lowest BCUT2D eigenvalue weighted by Gasteiger charge is -2.10. The summed E-state index contributed by atoms with van der Waals surface area (Å²) in [5.74, 6) is 0.499. The van der Waals surface area contributed by atoms with E-state index in [-0.39, 0.29) is 5.78 Å². The Morgan fingerprint density at radius 2 is 2.14 bits per heavy atom. The molecule has 0 saturated heterocycles. The van der Waals surface area contributed by atoms with Crippen LogP contribution in [0.25, 0.3) is 0 Å². The van der Waals surface area contributed by atoms with Crippen LogP contribution in [0, 0.1) is 6.92 Å². The predicted octanol–water partition coefficient (Wildman–Crippen LogP) is 1.63. The molecule has 0 aromatic heterocycles. The molecule has 0 aliphatic heterocycles. The molecule has 0 bridgehead atoms. The number of aliphatic hydroxyl groups is 1. The summed E-state index contributed by atoms with van der Waals surface area (Å²) in [6.07, 6.45) is -1.03. The van der Waals surface area contributed by atoms with Crippen molar-refractivity contribution in [3.05, 3.63) is 29.3 Å². The van der Waals surface area contributed by atoms with Gasteiger partial charge in [0.25, 0.3) is 0 Å². The van der Waals surface area contributed by atoms with Crippen molar-refractivity contribution in [1.29, 1.82) is 0 Å². The number of ketones is 1. The molecule has 0 heterocycles. The Hall–Kier alpha value is -1.35. The highest BCUT2D eigenvalue weighted by molar-refractivity contribution is 5.81. The SMILES string of the molecule is COc1ccc(C(O)C(C)=O)cc1C. The summed E-state index contributed by atoms with van der Waals surface area (Å²) in [5.41, 5.74) is 1.51. The summed E-state index contributed by atoms with van der Waals surface area (Å²) in [7, 11) is 1.59. The first-order chi connectivity index (χ1) is 6.56. The van der Waals surface area contributed by atoms with Gasteiger partial charge in [-0.15, -0.1) is 0 Å². The second-order valence-electron chi connectivity index (χ2n) is 3.24. The first-order valence-corrected chi connectivity index (χ1v) is 4.39. The van der Waals surface area contributed by atoms with Crippen LogP contribution in [-0.4, -0.2) is 18.0 Å². The van der Waals surface area contributed by atoms with Crippen LogP contribution in [0.5, 0.6) is 5.75 Å². The zero-order chi connectivity index (χ0) is 10.7. The molecule has 76 valence electrons. The van der Waals surface area contributed by atoms with Crippen molar-refractivity contribution >= 4 is 5.78 Å². The van der Waals surface area contributed by atoms with E-state index in [2.05, 4.69) is 0 Å². The predicted molar refractivity (Wildman–Crippen MR) is 53.4 cm³/mol. The van der Waals surface area contributed by atoms with Crippen LogP contribution in [0.4, 0.5) is 0 Å². The first kappa shape index (κ1) is 10.7. The van der Waals surface area contributed by atoms with E-state index < -0.39 is 6.10 Å². The fourth-order valence-corrected chi connectivity index (χ4v) is 1.31. The van der Waals surface area contributed by atoms with E-state index in [1.54, 1.807) is 25.3 Å². The van der Waals surface area contributed by atoms with Crippen LogP contribution in [0.15, 0.2) is 18.2 Å². The Balaban J connectivity index is 3.02. The van der Waals surface area contributed by atoms with E-state index in [9.17, 15) is 9.90 Å². The maximum Gasteiger partial charge on any atom is 0.162 e. The molecule has 1 N–H and O–H groups in total. The Morgan fingerprint density at radius 3 is 2.57 bits per heavy atom. The van der Waals surface area contributed by atoms with Crippen molar-refractivity contribution in [2.75, 3.05) is 7.11 Å². The summed E-state index contributed by atoms with van der Waals surface area (Å²) in [6.45, 7) is 3.24. The molecular weight excluding hydrogens is 180 g/mol. The number of benzene rings is 1. The highest BCUT2D eigenvalue weighted by atomic mass is 16.5. The molecule has 0 fully saturated rings. The van der Waals surface area contributed by atoms with E-state index in [0.29, 0.717) is 5.56 Å². The smallest absolute Gasteiger partial charge is 0.162 e. The number of hydrogen-bond donors (Lipinski definition) is 1. The molecule has 0 amide bonds. The van der Waals surface area contributed by atoms with Crippen molar-refractivity contribution in [2.45, 2.75) is 20.0 Å². The second-order valence-corrected chi connectivity index (χ2v) is 3.24. The lowest BCUT2D eigenvalue weighted by molar-refractivity contribution is -0.125. The van der Waals surface area contributed by atoms with Crippen molar-refractivity contribution in [3.63, 3.8) is 0 Å². The zero-order valence-corrected chi connectivity index (χ0v) is 8.57. The number of ether oxygens (including phenoxy) is 1. The van der Waals surface area contributed by atoms with E-state index in [0.717, 1.165) is 11.3 Å². The summed E-state index contributed by atoms with van der Waals surface area (Å²) in [6, 6.07) is 5.19. The number of rotatable bonds is 3. The molecule has 1 unspecified atom stereocenters. The molecule has 1 aromatic carbocycles. The number of carbonyl (C=O) groups excluding carboxylic acids is 1. The number of Topliss-reactive ketones (excluding diaryl/α,β-unsaturated/α-hetero) is 1. The van der Waals surface area contributed by atoms with Gasteiger partial charge in [0.05, 0.1) is 7.11 Å². The van der Waals surface area contributed by atoms with Crippen LogP contribution >= 0.6 is 0 Å². The molecule has 0 radical (unpaired) electrons. The summed E-state index contributed by atoms with van der Waals surface area (Å²) < 4.78 is 5.07. The average Bonchev–Trinajstić information content (AvgIpc) is 2.16. The Kier molecular flexibility index (Phi) is 3.25. The first-order valence-electron chi connectivity index (χ1n) is 4.39. The fraction of sp³-hybridized carbons (Fsp3) is 0.364. The Labute approximate surface area is 83.3 Å². The van der Waals surface area contributed by atoms with E-state index in [1.807, 2.05) is 6.92 Å². The molecule has 1 rings (SSSR count). The number of aliphatic hydroxyl groups excluding tert-OH is 1. The third-order valence-corrected chi connectivity index (χ3v) is 2.12. The molecule has 0 saturated carbocycles. The maximum absolute atomic E-state index is 10.9. The second kappa shape index (κ2) is 4.24. The van der Waals surface area contributed by atoms with Crippen LogP contribution in [0.3, 0.4) is 0 Å². The quantitative estimate of drug-likeness (QED) is 0.795. The van der Waals surface area contributed by atoms with Gasteiger partial charge >= 0.3 is 0 Å². The fourth-order valence-electron chi connectivity index (χ4n) is 1.31. The van der Waals surface area contributed by atoms with Gasteiger partial charge in [0, 0.05) is 0 Å². The average molecular weight is 194 g/mol. The van der Waals surface area contributed by atoms with Gasteiger partial charge in [-0.1, -0.05) is 6.07 Å². The van der Waals surface area contributed by atoms with Gasteiger partial charge in [0.2, 0.25) is 0 Å². The number of aryl methyl sites for hydroxylation is 1. The minimum atomic E-state index is -1.03. The van der Waals surface area contributed by atoms with Crippen LogP contribution < -0.4 is 4.74 Å². The van der Waals surface area contributed by atoms with Crippen LogP contribution in [0.1, 0.15) is 24.2 Å². The number of carbonyl (C=O) groups is 1. The van der Waals surface area contributed by atoms with Crippen LogP contribution in [0.2, 0.25) is 0 Å². The molecule has 0 spiro atoms. The van der Waals surface area contributed by atoms with Gasteiger partial charge < -0.3 is 9.84 Å². The Bertz CT molecular complexity index is 344. The van der Waals surface area contributed by atoms with Crippen LogP contribution in [-0.2, 0) is 4.79 Å². The third-order valence-electron chi connectivity index (χ3n) is 2.12. The van der Waals surface area contributed by atoms with Gasteiger partial charge in [0.15, 0.2) is 5.78 Å². The minimum absolute atomic E-state index is 0.255. The molecule has 3 heteroatoms. The topological polar surface area (TPSA) is 46.5 Å². The summed E-state index contributed by atoms with van der Waals surface area (Å²) in [4.78, 5) is 10.9. The zero-order valence-electron chi connectivity index (χ0n) is 8.57. The van der Waals surface area contributed by atoms with E-state index in [4.69, 9.17) is 4.74 Å². The lowest BCUT2D eigenvalue weighted by atomic mass is 10.0. The number of hydrogen-bond acceptors (Lipinski definition) is 3. The van der Waals surface area contributed by atoms with Gasteiger partial charge in [-0.05, 0) is 37.1 Å². The normalized spacial score (nSPS) is 12.3. The molecule has 3 nitrogen and oxygen atoms in total. The summed E-state index contributed by atoms with van der Waals surface area (Å²) >= 11 is 0. The lowest BCUT2D eigenvalue weighted by Crippen LogP contribution is -2.07. The molecule has 1 atom stereocenters. The minimum Gasteiger partial charge on any atom is -0.496 e. The standard InChI is InChI=1S/C11H14O3/c1-7-6-9(11(13)8(2)12)4-5-10(7)14-3/h4-6,11,13H,1-3H3. The van der Waals surface area contributed by atoms with Gasteiger partial charge in [-0.25, -0.2) is 0 Å². The molecule has 1 aromatic rings. The van der Waals surface area contributed by atoms with Crippen molar-refractivity contribution in [3.8, 4) is 5.75 Å². The molecule has 14 heavy (non-hydrogen) atoms. The summed E-state index contributed by atoms with van der Waals surface area (Å²) in [5, 5.41) is 9.50. The van der Waals surface area contributed by atoms with Crippen molar-refractivity contribution in [2.24, 2.45) is 0 Å². The van der Waals surface area contributed by atoms with Gasteiger partial charge in [-0.3, -0.25) is 4.79 Å². The molecular formula is C11H14O3. The highest BCUT2D eigenvalue weighted by Gasteiger charge is 2.13. The van der Waals surface area contributed by atoms with Gasteiger partial charge in [0.1, 0.15) is 11.9 Å². The highest BCUT2D eigenvalue weighted by Crippen LogP contribution is 2.22. The van der Waals surface area contributed by atoms with E-state index >= 15 is 0 Å². The maximum atomic E-state index is 10.9. The molecule has 0 aliphatic carbocycles. The number of methoxy groups -OCH3 is 1. The van der Waals surface area contributed by atoms with Gasteiger partial charge in [-0.2, -0.15) is 0 Å². The molecule has 0 aliphatic rings. The monoisotopic (exact) mass is 194 g/mol. The van der Waals surface area contributed by atoms with Crippen molar-refractivity contribution < 1.29 is 14.6 Å². The Morgan fingerprint density at radius 1 is 1.50 bits per heavy atom. The van der Waals surface area contributed by atoms with E-state index in [1.165, 1.54) is 6.92 Å². The third kappa shape index (κ3) is 2.12. The van der Waals surface area contributed by atoms with Crippen molar-refractivity contribution in [1.82, 2.24) is 0 Å². The largest absolute Gasteiger partial charge is 0.496 e.